The number of methoxy groups -OCH3 is 1. The van der Waals surface area contributed by atoms with Crippen molar-refractivity contribution in [3.8, 4) is 18.1 Å². The van der Waals surface area contributed by atoms with Gasteiger partial charge in [-0.15, -0.1) is 6.42 Å². The van der Waals surface area contributed by atoms with Gasteiger partial charge in [0.2, 0.25) is 0 Å². The highest BCUT2D eigenvalue weighted by atomic mass is 19.4. The maximum atomic E-state index is 12.4. The van der Waals surface area contributed by atoms with Gasteiger partial charge in [-0.3, -0.25) is 0 Å². The van der Waals surface area contributed by atoms with Crippen molar-refractivity contribution in [3.63, 3.8) is 0 Å². The molecule has 0 heterocycles. The molecule has 0 fully saturated rings. The Bertz CT molecular complexity index is 419. The molecule has 0 radical (unpaired) electrons. The zero-order valence-electron chi connectivity index (χ0n) is 9.17. The number of hydrogen-bond donors (Lipinski definition) is 0. The van der Waals surface area contributed by atoms with Crippen LogP contribution in [0, 0.1) is 12.3 Å². The third-order valence-corrected chi connectivity index (χ3v) is 2.01. The topological polar surface area (TPSA) is 18.5 Å². The molecule has 1 rings (SSSR count). The molecular weight excluding hydrogens is 233 g/mol. The lowest BCUT2D eigenvalue weighted by atomic mass is 10.1. The van der Waals surface area contributed by atoms with Crippen LogP contribution in [0.15, 0.2) is 18.2 Å². The predicted molar refractivity (Wildman–Crippen MR) is 56.8 cm³/mol. The molecule has 0 saturated carbocycles. The van der Waals surface area contributed by atoms with Crippen molar-refractivity contribution in [2.45, 2.75) is 6.18 Å². The lowest BCUT2D eigenvalue weighted by Crippen LogP contribution is -2.08. The Morgan fingerprint density at radius 3 is 2.53 bits per heavy atom. The number of terminal acetylenes is 1. The van der Waals surface area contributed by atoms with E-state index in [1.54, 1.807) is 0 Å². The van der Waals surface area contributed by atoms with Crippen LogP contribution in [0.5, 0.6) is 5.75 Å². The predicted octanol–water partition coefficient (Wildman–Crippen LogP) is 2.71. The number of rotatable bonds is 4. The van der Waals surface area contributed by atoms with E-state index in [1.807, 2.05) is 0 Å². The van der Waals surface area contributed by atoms with Crippen LogP contribution in [0.2, 0.25) is 0 Å². The second kappa shape index (κ2) is 5.60. The second-order valence-electron chi connectivity index (χ2n) is 3.19. The molecule has 0 unspecified atom stereocenters. The van der Waals surface area contributed by atoms with Gasteiger partial charge in [-0.2, -0.15) is 13.2 Å². The molecule has 0 aliphatic rings. The molecule has 0 saturated heterocycles. The number of halogens is 3. The zero-order valence-corrected chi connectivity index (χ0v) is 9.17. The smallest absolute Gasteiger partial charge is 0.416 e. The van der Waals surface area contributed by atoms with Crippen LogP contribution in [0.25, 0.3) is 0 Å². The first-order chi connectivity index (χ1) is 7.99. The van der Waals surface area contributed by atoms with Gasteiger partial charge in [-0.05, 0) is 18.2 Å². The van der Waals surface area contributed by atoms with Gasteiger partial charge in [-0.25, -0.2) is 0 Å². The van der Waals surface area contributed by atoms with Gasteiger partial charge >= 0.3 is 6.18 Å². The SMILES string of the molecule is C#Cc1cc(C(F)(F)F)ccc1OCCOC. The Hall–Kier alpha value is -1.67. The molecule has 0 aromatic heterocycles. The van der Waals surface area contributed by atoms with Crippen molar-refractivity contribution in [3.05, 3.63) is 29.3 Å². The molecule has 0 aliphatic carbocycles. The number of ether oxygens (including phenoxy) is 2. The van der Waals surface area contributed by atoms with Crippen LogP contribution in [-0.2, 0) is 10.9 Å². The summed E-state index contributed by atoms with van der Waals surface area (Å²) in [5.74, 6) is 2.42. The van der Waals surface area contributed by atoms with Gasteiger partial charge in [0.15, 0.2) is 0 Å². The van der Waals surface area contributed by atoms with E-state index >= 15 is 0 Å². The summed E-state index contributed by atoms with van der Waals surface area (Å²) < 4.78 is 47.2. The normalized spacial score (nSPS) is 11.0. The molecule has 2 nitrogen and oxygen atoms in total. The molecule has 0 spiro atoms. The first-order valence-electron chi connectivity index (χ1n) is 4.78. The van der Waals surface area contributed by atoms with E-state index in [0.29, 0.717) is 6.61 Å². The van der Waals surface area contributed by atoms with Crippen molar-refractivity contribution >= 4 is 0 Å². The Balaban J connectivity index is 2.91. The van der Waals surface area contributed by atoms with Crippen molar-refractivity contribution < 1.29 is 22.6 Å². The molecule has 0 amide bonds. The number of alkyl halides is 3. The minimum absolute atomic E-state index is 0.0796. The third-order valence-electron chi connectivity index (χ3n) is 2.01. The lowest BCUT2D eigenvalue weighted by molar-refractivity contribution is -0.137. The molecular formula is C12H11F3O2. The number of benzene rings is 1. The summed E-state index contributed by atoms with van der Waals surface area (Å²) in [7, 11) is 1.50. The number of hydrogen-bond acceptors (Lipinski definition) is 2. The first kappa shape index (κ1) is 13.4. The Kier molecular flexibility index (Phi) is 4.41. The fourth-order valence-corrected chi connectivity index (χ4v) is 1.18. The van der Waals surface area contributed by atoms with Crippen molar-refractivity contribution in [1.82, 2.24) is 0 Å². The summed E-state index contributed by atoms with van der Waals surface area (Å²) in [5, 5.41) is 0. The summed E-state index contributed by atoms with van der Waals surface area (Å²) in [6.07, 6.45) is 0.732. The molecule has 1 aromatic rings. The minimum atomic E-state index is -4.41. The molecule has 0 aliphatic heterocycles. The zero-order chi connectivity index (χ0) is 12.9. The molecule has 1 aromatic carbocycles. The third kappa shape index (κ3) is 3.68. The van der Waals surface area contributed by atoms with Crippen molar-refractivity contribution in [2.24, 2.45) is 0 Å². The van der Waals surface area contributed by atoms with Crippen molar-refractivity contribution in [1.29, 1.82) is 0 Å². The van der Waals surface area contributed by atoms with Gasteiger partial charge in [0.1, 0.15) is 12.4 Å². The van der Waals surface area contributed by atoms with E-state index in [4.69, 9.17) is 15.9 Å². The van der Waals surface area contributed by atoms with E-state index < -0.39 is 11.7 Å². The monoisotopic (exact) mass is 244 g/mol. The molecule has 0 bridgehead atoms. The Labute approximate surface area is 97.3 Å². The molecule has 92 valence electrons. The van der Waals surface area contributed by atoms with Crippen LogP contribution in [-0.4, -0.2) is 20.3 Å². The molecule has 17 heavy (non-hydrogen) atoms. The highest BCUT2D eigenvalue weighted by Gasteiger charge is 2.31. The van der Waals surface area contributed by atoms with Gasteiger partial charge < -0.3 is 9.47 Å². The highest BCUT2D eigenvalue weighted by molar-refractivity contribution is 5.47. The van der Waals surface area contributed by atoms with Gasteiger partial charge in [0.05, 0.1) is 17.7 Å². The fraction of sp³-hybridized carbons (Fsp3) is 0.333. The maximum absolute atomic E-state index is 12.4. The van der Waals surface area contributed by atoms with Gasteiger partial charge in [0.25, 0.3) is 0 Å². The van der Waals surface area contributed by atoms with Gasteiger partial charge in [0, 0.05) is 7.11 Å². The Morgan fingerprint density at radius 1 is 1.29 bits per heavy atom. The minimum Gasteiger partial charge on any atom is -0.490 e. The maximum Gasteiger partial charge on any atom is 0.416 e. The van der Waals surface area contributed by atoms with Crippen LogP contribution in [0.1, 0.15) is 11.1 Å². The van der Waals surface area contributed by atoms with E-state index in [2.05, 4.69) is 5.92 Å². The quantitative estimate of drug-likeness (QED) is 0.599. The fourth-order valence-electron chi connectivity index (χ4n) is 1.18. The van der Waals surface area contributed by atoms with Crippen LogP contribution in [0.3, 0.4) is 0 Å². The summed E-state index contributed by atoms with van der Waals surface area (Å²) >= 11 is 0. The van der Waals surface area contributed by atoms with Crippen LogP contribution >= 0.6 is 0 Å². The van der Waals surface area contributed by atoms with E-state index in [9.17, 15) is 13.2 Å². The summed E-state index contributed by atoms with van der Waals surface area (Å²) in [4.78, 5) is 0. The van der Waals surface area contributed by atoms with Crippen LogP contribution in [0.4, 0.5) is 13.2 Å². The molecule has 5 heteroatoms. The average Bonchev–Trinajstić information content (AvgIpc) is 2.28. The Morgan fingerprint density at radius 2 is 2.00 bits per heavy atom. The highest BCUT2D eigenvalue weighted by Crippen LogP contribution is 2.32. The summed E-state index contributed by atoms with van der Waals surface area (Å²) in [6.45, 7) is 0.571. The standard InChI is InChI=1S/C12H11F3O2/c1-3-9-8-10(12(13,14)15)4-5-11(9)17-7-6-16-2/h1,4-5,8H,6-7H2,2H3. The summed E-state index contributed by atoms with van der Waals surface area (Å²) in [6, 6.07) is 3.04. The van der Waals surface area contributed by atoms with E-state index in [-0.39, 0.29) is 17.9 Å². The van der Waals surface area contributed by atoms with Crippen molar-refractivity contribution in [2.75, 3.05) is 20.3 Å². The largest absolute Gasteiger partial charge is 0.490 e. The molecule has 0 atom stereocenters. The first-order valence-corrected chi connectivity index (χ1v) is 4.78. The van der Waals surface area contributed by atoms with E-state index in [1.165, 1.54) is 13.2 Å². The lowest BCUT2D eigenvalue weighted by Gasteiger charge is -2.11. The summed E-state index contributed by atoms with van der Waals surface area (Å²) in [5.41, 5.74) is -0.708. The average molecular weight is 244 g/mol. The van der Waals surface area contributed by atoms with Crippen LogP contribution < -0.4 is 4.74 Å². The second-order valence-corrected chi connectivity index (χ2v) is 3.19. The molecule has 0 N–H and O–H groups in total. The van der Waals surface area contributed by atoms with E-state index in [0.717, 1.165) is 12.1 Å². The van der Waals surface area contributed by atoms with Gasteiger partial charge in [-0.1, -0.05) is 5.92 Å².